The molecule has 0 aliphatic rings. The highest BCUT2D eigenvalue weighted by molar-refractivity contribution is 14.0. The minimum absolute atomic E-state index is 0. The summed E-state index contributed by atoms with van der Waals surface area (Å²) in [6.45, 7) is 10.6. The van der Waals surface area contributed by atoms with Crippen LogP contribution in [0.1, 0.15) is 37.2 Å². The lowest BCUT2D eigenvalue weighted by molar-refractivity contribution is 0.242. The van der Waals surface area contributed by atoms with Crippen molar-refractivity contribution in [2.45, 2.75) is 53.3 Å². The minimum Gasteiger partial charge on any atom is -0.491 e. The van der Waals surface area contributed by atoms with Gasteiger partial charge >= 0.3 is 0 Å². The number of nitrogens with one attached hydrogen (secondary N) is 2. The lowest BCUT2D eigenvalue weighted by atomic mass is 10.2. The van der Waals surface area contributed by atoms with Gasteiger partial charge in [0.05, 0.1) is 11.8 Å². The van der Waals surface area contributed by atoms with E-state index >= 15 is 0 Å². The molecule has 1 heterocycles. The van der Waals surface area contributed by atoms with Gasteiger partial charge in [0.25, 0.3) is 0 Å². The van der Waals surface area contributed by atoms with Crippen molar-refractivity contribution < 1.29 is 4.74 Å². The average molecular weight is 485 g/mol. The van der Waals surface area contributed by atoms with Crippen molar-refractivity contribution in [1.82, 2.24) is 20.4 Å². The number of guanidine groups is 1. The Morgan fingerprint density at radius 3 is 2.44 bits per heavy atom. The van der Waals surface area contributed by atoms with Crippen molar-refractivity contribution in [2.75, 3.05) is 13.6 Å². The molecule has 2 N–H and O–H groups in total. The fraction of sp³-hybridized carbons (Fsp3) is 0.500. The van der Waals surface area contributed by atoms with E-state index in [4.69, 9.17) is 4.74 Å². The van der Waals surface area contributed by atoms with Crippen molar-refractivity contribution in [3.05, 3.63) is 47.3 Å². The second-order valence-corrected chi connectivity index (χ2v) is 6.67. The number of ether oxygens (including phenoxy) is 1. The zero-order chi connectivity index (χ0) is 18.9. The van der Waals surface area contributed by atoms with E-state index in [0.717, 1.165) is 43.5 Å². The monoisotopic (exact) mass is 485 g/mol. The Morgan fingerprint density at radius 2 is 1.89 bits per heavy atom. The van der Waals surface area contributed by atoms with Gasteiger partial charge in [0.15, 0.2) is 5.96 Å². The van der Waals surface area contributed by atoms with Crippen LogP contribution in [-0.2, 0) is 13.1 Å². The van der Waals surface area contributed by atoms with E-state index in [9.17, 15) is 0 Å². The van der Waals surface area contributed by atoms with Gasteiger partial charge in [-0.05, 0) is 57.9 Å². The van der Waals surface area contributed by atoms with Gasteiger partial charge in [-0.1, -0.05) is 12.1 Å². The molecule has 0 spiro atoms. The number of hydrogen-bond donors (Lipinski definition) is 2. The van der Waals surface area contributed by atoms with Gasteiger partial charge in [-0.2, -0.15) is 5.10 Å². The third kappa shape index (κ3) is 8.19. The number of aromatic nitrogens is 2. The molecule has 2 aromatic rings. The summed E-state index contributed by atoms with van der Waals surface area (Å²) in [6, 6.07) is 10.2. The molecule has 0 amide bonds. The SMILES string of the molecule is CN=C(NCCCn1nc(C)cc1C)NCc1ccc(OC(C)C)cc1.I. The molecule has 0 atom stereocenters. The summed E-state index contributed by atoms with van der Waals surface area (Å²) in [5.41, 5.74) is 3.46. The molecule has 1 aromatic heterocycles. The lowest BCUT2D eigenvalue weighted by Crippen LogP contribution is -2.37. The van der Waals surface area contributed by atoms with Crippen LogP contribution < -0.4 is 15.4 Å². The number of nitrogens with zero attached hydrogens (tertiary/aromatic N) is 3. The van der Waals surface area contributed by atoms with Gasteiger partial charge in [0.2, 0.25) is 0 Å². The highest BCUT2D eigenvalue weighted by Crippen LogP contribution is 2.13. The van der Waals surface area contributed by atoms with E-state index in [0.29, 0.717) is 0 Å². The summed E-state index contributed by atoms with van der Waals surface area (Å²) in [7, 11) is 1.79. The first-order valence-corrected chi connectivity index (χ1v) is 9.19. The Labute approximate surface area is 179 Å². The van der Waals surface area contributed by atoms with Crippen LogP contribution in [-0.4, -0.2) is 35.4 Å². The van der Waals surface area contributed by atoms with Crippen LogP contribution in [0.2, 0.25) is 0 Å². The number of aliphatic imine (C=N–C) groups is 1. The molecule has 1 aromatic carbocycles. The molecule has 0 saturated carbocycles. The van der Waals surface area contributed by atoms with Gasteiger partial charge in [0.1, 0.15) is 5.75 Å². The highest BCUT2D eigenvalue weighted by Gasteiger charge is 2.02. The molecule has 6 nitrogen and oxygen atoms in total. The predicted molar refractivity (Wildman–Crippen MR) is 122 cm³/mol. The fourth-order valence-corrected chi connectivity index (χ4v) is 2.70. The Balaban J connectivity index is 0.00000364. The quantitative estimate of drug-likeness (QED) is 0.259. The molecule has 7 heteroatoms. The number of benzene rings is 1. The maximum Gasteiger partial charge on any atom is 0.191 e. The summed E-state index contributed by atoms with van der Waals surface area (Å²) < 4.78 is 7.71. The molecule has 2 rings (SSSR count). The summed E-state index contributed by atoms with van der Waals surface area (Å²) in [5.74, 6) is 1.70. The molecule has 0 unspecified atom stereocenters. The first kappa shape index (κ1) is 23.3. The molecule has 150 valence electrons. The van der Waals surface area contributed by atoms with E-state index in [1.807, 2.05) is 37.6 Å². The first-order valence-electron chi connectivity index (χ1n) is 9.19. The summed E-state index contributed by atoms with van der Waals surface area (Å²) in [6.07, 6.45) is 1.18. The minimum atomic E-state index is 0. The number of aryl methyl sites for hydroxylation is 3. The standard InChI is InChI=1S/C20H31N5O.HI/c1-15(2)26-19-9-7-18(8-10-19)14-23-20(21-5)22-11-6-12-25-17(4)13-16(3)24-25;/h7-10,13,15H,6,11-12,14H2,1-5H3,(H2,21,22,23);1H. The lowest BCUT2D eigenvalue weighted by Gasteiger charge is -2.13. The predicted octanol–water partition coefficient (Wildman–Crippen LogP) is 3.66. The largest absolute Gasteiger partial charge is 0.491 e. The van der Waals surface area contributed by atoms with Crippen LogP contribution in [0.15, 0.2) is 35.3 Å². The van der Waals surface area contributed by atoms with E-state index in [1.165, 1.54) is 11.3 Å². The second kappa shape index (κ2) is 11.8. The highest BCUT2D eigenvalue weighted by atomic mass is 127. The van der Waals surface area contributed by atoms with Crippen LogP contribution in [0.25, 0.3) is 0 Å². The van der Waals surface area contributed by atoms with Crippen LogP contribution in [0.5, 0.6) is 5.75 Å². The zero-order valence-electron chi connectivity index (χ0n) is 17.0. The molecule has 0 saturated heterocycles. The van der Waals surface area contributed by atoms with Gasteiger partial charge in [-0.15, -0.1) is 24.0 Å². The molecular formula is C20H32IN5O. The van der Waals surface area contributed by atoms with Crippen molar-refractivity contribution in [2.24, 2.45) is 4.99 Å². The van der Waals surface area contributed by atoms with Gasteiger partial charge in [-0.25, -0.2) is 0 Å². The smallest absolute Gasteiger partial charge is 0.191 e. The zero-order valence-corrected chi connectivity index (χ0v) is 19.3. The van der Waals surface area contributed by atoms with Crippen LogP contribution in [0.4, 0.5) is 0 Å². The molecule has 0 aliphatic carbocycles. The number of rotatable bonds is 8. The van der Waals surface area contributed by atoms with Crippen LogP contribution >= 0.6 is 24.0 Å². The molecule has 0 aliphatic heterocycles. The van der Waals surface area contributed by atoms with E-state index in [1.54, 1.807) is 7.05 Å². The third-order valence-corrected chi connectivity index (χ3v) is 3.92. The maximum atomic E-state index is 5.66. The van der Waals surface area contributed by atoms with E-state index < -0.39 is 0 Å². The van der Waals surface area contributed by atoms with Gasteiger partial charge < -0.3 is 15.4 Å². The summed E-state index contributed by atoms with van der Waals surface area (Å²) in [4.78, 5) is 4.27. The van der Waals surface area contributed by atoms with Crippen molar-refractivity contribution in [3.63, 3.8) is 0 Å². The Hall–Kier alpha value is -1.77. The van der Waals surface area contributed by atoms with Crippen molar-refractivity contribution in [3.8, 4) is 5.75 Å². The third-order valence-electron chi connectivity index (χ3n) is 3.92. The molecule has 0 bridgehead atoms. The normalized spacial score (nSPS) is 11.3. The molecule has 0 radical (unpaired) electrons. The van der Waals surface area contributed by atoms with Crippen LogP contribution in [0, 0.1) is 13.8 Å². The van der Waals surface area contributed by atoms with E-state index in [2.05, 4.69) is 45.8 Å². The Kier molecular flexibility index (Phi) is 10.2. The molecule has 27 heavy (non-hydrogen) atoms. The summed E-state index contributed by atoms with van der Waals surface area (Å²) in [5, 5.41) is 11.2. The van der Waals surface area contributed by atoms with Gasteiger partial charge in [0, 0.05) is 32.4 Å². The van der Waals surface area contributed by atoms with Crippen LogP contribution in [0.3, 0.4) is 0 Å². The topological polar surface area (TPSA) is 63.5 Å². The average Bonchev–Trinajstić information content (AvgIpc) is 2.92. The Morgan fingerprint density at radius 1 is 1.19 bits per heavy atom. The fourth-order valence-electron chi connectivity index (χ4n) is 2.70. The Bertz CT molecular complexity index is 710. The second-order valence-electron chi connectivity index (χ2n) is 6.67. The van der Waals surface area contributed by atoms with E-state index in [-0.39, 0.29) is 30.1 Å². The molecule has 0 fully saturated rings. The van der Waals surface area contributed by atoms with Crippen molar-refractivity contribution >= 4 is 29.9 Å². The molecular weight excluding hydrogens is 453 g/mol. The maximum absolute atomic E-state index is 5.66. The first-order chi connectivity index (χ1) is 12.5. The number of halogens is 1. The summed E-state index contributed by atoms with van der Waals surface area (Å²) >= 11 is 0. The van der Waals surface area contributed by atoms with Crippen molar-refractivity contribution in [1.29, 1.82) is 0 Å². The van der Waals surface area contributed by atoms with Gasteiger partial charge in [-0.3, -0.25) is 9.67 Å². The number of hydrogen-bond acceptors (Lipinski definition) is 3.